The van der Waals surface area contributed by atoms with Crippen molar-refractivity contribution < 1.29 is 9.30 Å². The standard InChI is InChI=1S/C33H28N3O2S2/c1-4-35-29(39-26-17-15-22-11-7-9-13-24(22)32(26)35)20-30-36(5-2)33(37)27(40-30)18-19-28-34(3)31-23-12-8-6-10-21(23)14-16-25(31)38-28/h6-20H,4-5H2,1-3H3/q+1. The molecule has 0 aliphatic carbocycles. The minimum atomic E-state index is 0.0221. The molecule has 40 heavy (non-hydrogen) atoms. The fourth-order valence-electron chi connectivity index (χ4n) is 5.61. The summed E-state index contributed by atoms with van der Waals surface area (Å²) in [6.45, 7) is 5.66. The maximum Gasteiger partial charge on any atom is 0.269 e. The van der Waals surface area contributed by atoms with E-state index in [-0.39, 0.29) is 5.56 Å². The van der Waals surface area contributed by atoms with Gasteiger partial charge in [0.1, 0.15) is 15.9 Å². The third-order valence-electron chi connectivity index (χ3n) is 7.55. The molecule has 0 fully saturated rings. The number of ether oxygens (including phenoxy) is 1. The van der Waals surface area contributed by atoms with E-state index in [9.17, 15) is 4.79 Å². The van der Waals surface area contributed by atoms with E-state index in [1.807, 2.05) is 48.9 Å². The van der Waals surface area contributed by atoms with Gasteiger partial charge in [0.15, 0.2) is 11.6 Å². The van der Waals surface area contributed by atoms with Crippen LogP contribution in [0.2, 0.25) is 0 Å². The van der Waals surface area contributed by atoms with Crippen LogP contribution in [0.15, 0.2) is 89.6 Å². The number of thiazole rings is 2. The fourth-order valence-corrected chi connectivity index (χ4v) is 7.91. The van der Waals surface area contributed by atoms with Gasteiger partial charge in [-0.05, 0) is 48.9 Å². The largest absolute Gasteiger partial charge is 0.439 e. The molecule has 7 rings (SSSR count). The number of hydrogen-bond acceptors (Lipinski definition) is 5. The van der Waals surface area contributed by atoms with Crippen LogP contribution < -0.4 is 29.0 Å². The highest BCUT2D eigenvalue weighted by atomic mass is 32.1. The third-order valence-corrected chi connectivity index (χ3v) is 9.73. The van der Waals surface area contributed by atoms with Crippen molar-refractivity contribution in [2.45, 2.75) is 26.9 Å². The number of aryl methyl sites for hydroxylation is 1. The van der Waals surface area contributed by atoms with E-state index < -0.39 is 0 Å². The minimum absolute atomic E-state index is 0.0221. The normalized spacial score (nSPS) is 15.2. The number of fused-ring (bicyclic) bond motifs is 6. The van der Waals surface area contributed by atoms with Gasteiger partial charge in [-0.3, -0.25) is 9.36 Å². The van der Waals surface area contributed by atoms with Crippen LogP contribution in [0, 0.1) is 0 Å². The quantitative estimate of drug-likeness (QED) is 0.257. The van der Waals surface area contributed by atoms with Gasteiger partial charge in [-0.1, -0.05) is 65.9 Å². The molecule has 0 bridgehead atoms. The highest BCUT2D eigenvalue weighted by Crippen LogP contribution is 2.43. The number of hydrogen-bond donors (Lipinski definition) is 0. The Labute approximate surface area is 239 Å². The Morgan fingerprint density at radius 1 is 0.875 bits per heavy atom. The molecule has 0 N–H and O–H groups in total. The number of nitrogens with zero attached hydrogens (tertiary/aromatic N) is 3. The van der Waals surface area contributed by atoms with E-state index >= 15 is 0 Å². The SMILES string of the molecule is CCn1c(=Cc2sc3ccc4ccccc4c3[n+]2CC)sc(=CC=C2Oc3ccc4ccccc4c3N2C)c1=O. The van der Waals surface area contributed by atoms with Crippen molar-refractivity contribution in [3.63, 3.8) is 0 Å². The molecule has 5 nitrogen and oxygen atoms in total. The number of benzene rings is 4. The summed E-state index contributed by atoms with van der Waals surface area (Å²) in [5, 5.41) is 5.95. The van der Waals surface area contributed by atoms with Crippen LogP contribution in [0.25, 0.3) is 43.9 Å². The second-order valence-corrected chi connectivity index (χ2v) is 11.9. The Bertz CT molecular complexity index is 2170. The molecule has 1 aliphatic heterocycles. The minimum Gasteiger partial charge on any atom is -0.439 e. The molecule has 0 spiro atoms. The monoisotopic (exact) mass is 562 g/mol. The van der Waals surface area contributed by atoms with Gasteiger partial charge in [0, 0.05) is 25.1 Å². The summed E-state index contributed by atoms with van der Waals surface area (Å²) in [5.41, 5.74) is 2.32. The molecule has 0 saturated carbocycles. The summed E-state index contributed by atoms with van der Waals surface area (Å²) < 4.78 is 13.3. The fraction of sp³-hybridized carbons (Fsp3) is 0.152. The molecule has 0 radical (unpaired) electrons. The van der Waals surface area contributed by atoms with Gasteiger partial charge in [-0.2, -0.15) is 4.57 Å². The lowest BCUT2D eigenvalue weighted by atomic mass is 10.1. The van der Waals surface area contributed by atoms with Gasteiger partial charge < -0.3 is 9.64 Å². The van der Waals surface area contributed by atoms with Crippen LogP contribution in [0.3, 0.4) is 0 Å². The molecule has 0 unspecified atom stereocenters. The first-order valence-electron chi connectivity index (χ1n) is 13.5. The van der Waals surface area contributed by atoms with E-state index in [1.54, 1.807) is 11.3 Å². The lowest BCUT2D eigenvalue weighted by Gasteiger charge is -2.12. The highest BCUT2D eigenvalue weighted by molar-refractivity contribution is 7.19. The van der Waals surface area contributed by atoms with Gasteiger partial charge in [-0.25, -0.2) is 0 Å². The van der Waals surface area contributed by atoms with Gasteiger partial charge >= 0.3 is 0 Å². The molecule has 0 atom stereocenters. The smallest absolute Gasteiger partial charge is 0.269 e. The maximum absolute atomic E-state index is 13.4. The van der Waals surface area contributed by atoms with Gasteiger partial charge in [0.25, 0.3) is 10.6 Å². The Morgan fingerprint density at radius 2 is 1.60 bits per heavy atom. The van der Waals surface area contributed by atoms with Crippen molar-refractivity contribution in [3.8, 4) is 5.75 Å². The topological polar surface area (TPSA) is 38.4 Å². The molecule has 0 amide bonds. The van der Waals surface area contributed by atoms with E-state index in [0.717, 1.165) is 33.0 Å². The zero-order valence-electron chi connectivity index (χ0n) is 22.5. The number of aromatic nitrogens is 2. The summed E-state index contributed by atoms with van der Waals surface area (Å²) in [5.74, 6) is 1.53. The summed E-state index contributed by atoms with van der Waals surface area (Å²) in [4.78, 5) is 15.5. The average Bonchev–Trinajstić information content (AvgIpc) is 3.61. The first-order valence-corrected chi connectivity index (χ1v) is 15.1. The molecule has 1 aliphatic rings. The number of rotatable bonds is 4. The molecule has 3 heterocycles. The van der Waals surface area contributed by atoms with Crippen molar-refractivity contribution >= 4 is 72.3 Å². The third kappa shape index (κ3) is 3.88. The molecule has 2 aromatic heterocycles. The van der Waals surface area contributed by atoms with E-state index in [2.05, 4.69) is 77.1 Å². The van der Waals surface area contributed by atoms with Gasteiger partial charge in [-0.15, -0.1) is 11.3 Å². The van der Waals surface area contributed by atoms with Crippen LogP contribution in [0.1, 0.15) is 18.9 Å². The summed E-state index contributed by atoms with van der Waals surface area (Å²) in [6, 6.07) is 25.3. The van der Waals surface area contributed by atoms with Gasteiger partial charge in [0.05, 0.1) is 21.7 Å². The van der Waals surface area contributed by atoms with Crippen LogP contribution in [0.4, 0.5) is 5.69 Å². The number of anilines is 1. The van der Waals surface area contributed by atoms with Crippen LogP contribution >= 0.6 is 22.7 Å². The zero-order valence-corrected chi connectivity index (χ0v) is 24.2. The molecule has 0 saturated heterocycles. The van der Waals surface area contributed by atoms with E-state index in [1.165, 1.54) is 37.7 Å². The Kier molecular flexibility index (Phi) is 6.06. The first kappa shape index (κ1) is 24.8. The molecule has 4 aromatic carbocycles. The Morgan fingerprint density at radius 3 is 2.38 bits per heavy atom. The van der Waals surface area contributed by atoms with Crippen molar-refractivity contribution in [1.82, 2.24) is 4.57 Å². The molecule has 198 valence electrons. The van der Waals surface area contributed by atoms with Crippen LogP contribution in [0.5, 0.6) is 5.75 Å². The zero-order chi connectivity index (χ0) is 27.4. The maximum atomic E-state index is 13.4. The summed E-state index contributed by atoms with van der Waals surface area (Å²) in [7, 11) is 2.00. The van der Waals surface area contributed by atoms with Crippen LogP contribution in [-0.4, -0.2) is 11.6 Å². The average molecular weight is 563 g/mol. The summed E-state index contributed by atoms with van der Waals surface area (Å²) in [6.07, 6.45) is 5.97. The second-order valence-electron chi connectivity index (χ2n) is 9.78. The molecular weight excluding hydrogens is 535 g/mol. The molecular formula is C33H28N3O2S2+. The first-order chi connectivity index (χ1) is 19.6. The lowest BCUT2D eigenvalue weighted by molar-refractivity contribution is -0.664. The second kappa shape index (κ2) is 9.77. The van der Waals surface area contributed by atoms with Crippen molar-refractivity contribution in [1.29, 1.82) is 0 Å². The van der Waals surface area contributed by atoms with Crippen LogP contribution in [-0.2, 0) is 13.1 Å². The predicted octanol–water partition coefficient (Wildman–Crippen LogP) is 5.74. The lowest BCUT2D eigenvalue weighted by Crippen LogP contribution is -2.35. The highest BCUT2D eigenvalue weighted by Gasteiger charge is 2.25. The Balaban J connectivity index is 1.33. The van der Waals surface area contributed by atoms with Crippen molar-refractivity contribution in [2.75, 3.05) is 11.9 Å². The van der Waals surface area contributed by atoms with Crippen molar-refractivity contribution in [3.05, 3.63) is 109 Å². The molecule has 6 aromatic rings. The Hall–Kier alpha value is -4.20. The predicted molar refractivity (Wildman–Crippen MR) is 168 cm³/mol. The number of allylic oxidation sites excluding steroid dienone is 1. The van der Waals surface area contributed by atoms with E-state index in [0.29, 0.717) is 17.0 Å². The van der Waals surface area contributed by atoms with E-state index in [4.69, 9.17) is 4.74 Å². The van der Waals surface area contributed by atoms with Crippen molar-refractivity contribution in [2.24, 2.45) is 0 Å². The summed E-state index contributed by atoms with van der Waals surface area (Å²) >= 11 is 3.29. The molecule has 7 heteroatoms. The van der Waals surface area contributed by atoms with Gasteiger partial charge in [0.2, 0.25) is 5.52 Å².